The van der Waals surface area contributed by atoms with Gasteiger partial charge in [0.1, 0.15) is 0 Å². The molecule has 35 heavy (non-hydrogen) atoms. The van der Waals surface area contributed by atoms with Crippen molar-refractivity contribution in [1.29, 1.82) is 0 Å². The predicted molar refractivity (Wildman–Crippen MR) is 139 cm³/mol. The van der Waals surface area contributed by atoms with Gasteiger partial charge in [-0.1, -0.05) is 66.2 Å². The highest BCUT2D eigenvalue weighted by atomic mass is 35.5. The third-order valence-electron chi connectivity index (χ3n) is 6.24. The summed E-state index contributed by atoms with van der Waals surface area (Å²) >= 11 is 6.55. The Morgan fingerprint density at radius 3 is 2.43 bits per heavy atom. The highest BCUT2D eigenvalue weighted by molar-refractivity contribution is 7.85. The lowest BCUT2D eigenvalue weighted by molar-refractivity contribution is 0.481. The van der Waals surface area contributed by atoms with Crippen molar-refractivity contribution >= 4 is 33.4 Å². The number of halogens is 1. The van der Waals surface area contributed by atoms with Crippen molar-refractivity contribution in [2.75, 3.05) is 11.1 Å². The first kappa shape index (κ1) is 23.5. The van der Waals surface area contributed by atoms with Crippen molar-refractivity contribution in [3.8, 4) is 11.3 Å². The maximum Gasteiger partial charge on any atom is 0.264 e. The first-order valence-electron chi connectivity index (χ1n) is 11.4. The van der Waals surface area contributed by atoms with Crippen LogP contribution in [0.15, 0.2) is 79.0 Å². The predicted octanol–water partition coefficient (Wildman–Crippen LogP) is 6.05. The number of aryl methyl sites for hydroxylation is 1. The molecule has 6 nitrogen and oxygen atoms in total. The maximum absolute atomic E-state index is 10.9. The molecule has 8 heteroatoms. The van der Waals surface area contributed by atoms with Gasteiger partial charge in [-0.3, -0.25) is 4.55 Å². The number of hydrogen-bond donors (Lipinski definition) is 2. The average molecular weight is 506 g/mol. The van der Waals surface area contributed by atoms with E-state index in [9.17, 15) is 8.42 Å². The van der Waals surface area contributed by atoms with Gasteiger partial charge in [0.2, 0.25) is 5.95 Å². The summed E-state index contributed by atoms with van der Waals surface area (Å²) in [6, 6.07) is 23.9. The van der Waals surface area contributed by atoms with E-state index in [1.54, 1.807) is 0 Å². The van der Waals surface area contributed by atoms with Crippen molar-refractivity contribution in [3.63, 3.8) is 0 Å². The summed E-state index contributed by atoms with van der Waals surface area (Å²) < 4.78 is 30.7. The second-order valence-electron chi connectivity index (χ2n) is 8.64. The molecule has 1 aliphatic carbocycles. The Morgan fingerprint density at radius 1 is 0.971 bits per heavy atom. The Morgan fingerprint density at radius 2 is 1.69 bits per heavy atom. The molecule has 1 aromatic heterocycles. The van der Waals surface area contributed by atoms with Crippen molar-refractivity contribution < 1.29 is 13.0 Å². The molecule has 0 saturated heterocycles. The van der Waals surface area contributed by atoms with Gasteiger partial charge in [-0.15, -0.1) is 0 Å². The zero-order valence-corrected chi connectivity index (χ0v) is 20.4. The molecule has 0 amide bonds. The van der Waals surface area contributed by atoms with Crippen LogP contribution < -0.4 is 5.32 Å². The number of aromatic nitrogens is 2. The van der Waals surface area contributed by atoms with Crippen LogP contribution in [0.3, 0.4) is 0 Å². The second-order valence-corrected chi connectivity index (χ2v) is 10.6. The molecule has 1 aliphatic rings. The fraction of sp³-hybridized carbons (Fsp3) is 0.185. The third kappa shape index (κ3) is 5.37. The van der Waals surface area contributed by atoms with E-state index >= 15 is 0 Å². The van der Waals surface area contributed by atoms with Gasteiger partial charge in [0.25, 0.3) is 10.1 Å². The molecule has 0 spiro atoms. The minimum atomic E-state index is -3.93. The Balaban J connectivity index is 1.37. The van der Waals surface area contributed by atoms with Crippen LogP contribution in [0.2, 0.25) is 5.02 Å². The van der Waals surface area contributed by atoms with Gasteiger partial charge in [0.15, 0.2) is 0 Å². The maximum atomic E-state index is 10.9. The van der Waals surface area contributed by atoms with Crippen LogP contribution in [0.1, 0.15) is 34.6 Å². The molecule has 0 saturated carbocycles. The molecular formula is C27H24ClN3O3S. The van der Waals surface area contributed by atoms with Crippen LogP contribution in [0.4, 0.5) is 11.6 Å². The molecule has 4 aromatic rings. The summed E-state index contributed by atoms with van der Waals surface area (Å²) in [5.41, 5.74) is 7.21. The highest BCUT2D eigenvalue weighted by Gasteiger charge is 2.28. The first-order valence-corrected chi connectivity index (χ1v) is 13.4. The van der Waals surface area contributed by atoms with Gasteiger partial charge < -0.3 is 5.32 Å². The van der Waals surface area contributed by atoms with E-state index in [1.807, 2.05) is 60.8 Å². The normalized spacial score (nSPS) is 14.7. The number of fused-ring (bicyclic) bond motifs is 3. The Hall–Kier alpha value is -3.26. The summed E-state index contributed by atoms with van der Waals surface area (Å²) in [7, 11) is -3.93. The van der Waals surface area contributed by atoms with E-state index in [2.05, 4.69) is 28.5 Å². The largest absolute Gasteiger partial charge is 0.324 e. The number of anilines is 2. The lowest BCUT2D eigenvalue weighted by Crippen LogP contribution is -2.15. The molecule has 0 fully saturated rings. The molecular weight excluding hydrogens is 482 g/mol. The SMILES string of the molecule is O=S(=O)(O)CCCc1ccc(Nc2ncc3c(n2)-c2ccccc2C(c2ccccc2Cl)C3)cc1. The van der Waals surface area contributed by atoms with Crippen LogP contribution in [0.25, 0.3) is 11.3 Å². The smallest absolute Gasteiger partial charge is 0.264 e. The van der Waals surface area contributed by atoms with Crippen molar-refractivity contribution in [1.82, 2.24) is 9.97 Å². The van der Waals surface area contributed by atoms with Gasteiger partial charge in [-0.2, -0.15) is 8.42 Å². The first-order chi connectivity index (χ1) is 16.9. The molecule has 1 heterocycles. The standard InChI is InChI=1S/C27H24ClN3O3S/c28-25-10-4-3-8-22(25)24-16-19-17-29-27(31-26(19)23-9-2-1-7-21(23)24)30-20-13-11-18(12-14-20)6-5-15-35(32,33)34/h1-4,7-14,17,24H,5-6,15-16H2,(H,29,30,31)(H,32,33,34). The molecule has 1 unspecified atom stereocenters. The highest BCUT2D eigenvalue weighted by Crippen LogP contribution is 2.43. The van der Waals surface area contributed by atoms with E-state index in [0.29, 0.717) is 18.8 Å². The Kier molecular flexibility index (Phi) is 6.56. The van der Waals surface area contributed by atoms with Gasteiger partial charge in [-0.25, -0.2) is 9.97 Å². The summed E-state index contributed by atoms with van der Waals surface area (Å²) in [6.07, 6.45) is 3.59. The lowest BCUT2D eigenvalue weighted by atomic mass is 9.78. The summed E-state index contributed by atoms with van der Waals surface area (Å²) in [4.78, 5) is 9.41. The molecule has 178 valence electrons. The van der Waals surface area contributed by atoms with Crippen molar-refractivity contribution in [2.45, 2.75) is 25.2 Å². The van der Waals surface area contributed by atoms with E-state index in [0.717, 1.165) is 45.1 Å². The molecule has 0 radical (unpaired) electrons. The quantitative estimate of drug-likeness (QED) is 0.297. The number of hydrogen-bond acceptors (Lipinski definition) is 5. The number of nitrogens with zero attached hydrogens (tertiary/aromatic N) is 2. The monoisotopic (exact) mass is 505 g/mol. The minimum Gasteiger partial charge on any atom is -0.324 e. The minimum absolute atomic E-state index is 0.142. The number of benzene rings is 3. The average Bonchev–Trinajstić information content (AvgIpc) is 2.84. The zero-order chi connectivity index (χ0) is 24.4. The fourth-order valence-corrected chi connectivity index (χ4v) is 5.35. The lowest BCUT2D eigenvalue weighted by Gasteiger charge is -2.28. The van der Waals surface area contributed by atoms with E-state index < -0.39 is 10.1 Å². The van der Waals surface area contributed by atoms with Crippen LogP contribution in [-0.2, 0) is 23.0 Å². The number of nitrogens with one attached hydrogen (secondary N) is 1. The van der Waals surface area contributed by atoms with Gasteiger partial charge >= 0.3 is 0 Å². The molecule has 1 atom stereocenters. The molecule has 0 bridgehead atoms. The summed E-state index contributed by atoms with van der Waals surface area (Å²) in [6.45, 7) is 0. The fourth-order valence-electron chi connectivity index (χ4n) is 4.57. The molecule has 0 aliphatic heterocycles. The van der Waals surface area contributed by atoms with Crippen LogP contribution in [-0.4, -0.2) is 28.7 Å². The topological polar surface area (TPSA) is 92.2 Å². The van der Waals surface area contributed by atoms with E-state index in [4.69, 9.17) is 21.1 Å². The van der Waals surface area contributed by atoms with Crippen molar-refractivity contribution in [2.24, 2.45) is 0 Å². The Labute approximate surface area is 209 Å². The summed E-state index contributed by atoms with van der Waals surface area (Å²) in [5, 5.41) is 4.03. The third-order valence-corrected chi connectivity index (χ3v) is 7.39. The van der Waals surface area contributed by atoms with Gasteiger partial charge in [-0.05, 0) is 59.7 Å². The van der Waals surface area contributed by atoms with Gasteiger partial charge in [0, 0.05) is 28.4 Å². The van der Waals surface area contributed by atoms with Gasteiger partial charge in [0.05, 0.1) is 11.4 Å². The van der Waals surface area contributed by atoms with Crippen LogP contribution in [0, 0.1) is 0 Å². The second kappa shape index (κ2) is 9.77. The molecule has 5 rings (SSSR count). The number of rotatable bonds is 7. The zero-order valence-electron chi connectivity index (χ0n) is 18.9. The van der Waals surface area contributed by atoms with Crippen LogP contribution >= 0.6 is 11.6 Å². The molecule has 2 N–H and O–H groups in total. The van der Waals surface area contributed by atoms with Crippen molar-refractivity contribution in [3.05, 3.63) is 106 Å². The molecule has 3 aromatic carbocycles. The van der Waals surface area contributed by atoms with E-state index in [-0.39, 0.29) is 11.7 Å². The summed E-state index contributed by atoms with van der Waals surface area (Å²) in [5.74, 6) is 0.409. The van der Waals surface area contributed by atoms with Crippen LogP contribution in [0.5, 0.6) is 0 Å². The Bertz CT molecular complexity index is 1470. The van der Waals surface area contributed by atoms with E-state index in [1.165, 1.54) is 5.56 Å².